The molecular formula is C12H16N2O. The molecule has 0 amide bonds. The molecule has 0 aliphatic rings. The molecule has 0 heterocycles. The number of anilines is 1. The lowest BCUT2D eigenvalue weighted by molar-refractivity contribution is 0.230. The second-order valence-electron chi connectivity index (χ2n) is 3.50. The van der Waals surface area contributed by atoms with Crippen LogP contribution in [0.5, 0.6) is 0 Å². The van der Waals surface area contributed by atoms with E-state index in [2.05, 4.69) is 11.4 Å². The van der Waals surface area contributed by atoms with Gasteiger partial charge in [0.05, 0.1) is 11.3 Å². The highest BCUT2D eigenvalue weighted by atomic mass is 16.3. The first-order valence-corrected chi connectivity index (χ1v) is 5.15. The lowest BCUT2D eigenvalue weighted by Gasteiger charge is -2.14. The Morgan fingerprint density at radius 1 is 1.47 bits per heavy atom. The van der Waals surface area contributed by atoms with Crippen LogP contribution in [0.4, 0.5) is 5.69 Å². The van der Waals surface area contributed by atoms with Crippen molar-refractivity contribution in [3.8, 4) is 6.07 Å². The maximum Gasteiger partial charge on any atom is 0.101 e. The van der Waals surface area contributed by atoms with Gasteiger partial charge in [0.1, 0.15) is 6.07 Å². The van der Waals surface area contributed by atoms with E-state index < -0.39 is 0 Å². The molecule has 0 aliphatic carbocycles. The van der Waals surface area contributed by atoms with Crippen molar-refractivity contribution in [2.24, 2.45) is 5.92 Å². The smallest absolute Gasteiger partial charge is 0.101 e. The summed E-state index contributed by atoms with van der Waals surface area (Å²) in [5.41, 5.74) is 1.48. The first-order valence-electron chi connectivity index (χ1n) is 5.15. The highest BCUT2D eigenvalue weighted by Gasteiger charge is 2.05. The Bertz CT molecular complexity index is 340. The average molecular weight is 204 g/mol. The molecule has 0 saturated heterocycles. The van der Waals surface area contributed by atoms with Crippen LogP contribution in [0.25, 0.3) is 0 Å². The van der Waals surface area contributed by atoms with Crippen molar-refractivity contribution < 1.29 is 5.11 Å². The third kappa shape index (κ3) is 3.26. The number of hydrogen-bond donors (Lipinski definition) is 2. The van der Waals surface area contributed by atoms with E-state index in [4.69, 9.17) is 10.4 Å². The molecule has 1 rings (SSSR count). The average Bonchev–Trinajstić information content (AvgIpc) is 2.31. The zero-order valence-corrected chi connectivity index (χ0v) is 8.90. The maximum absolute atomic E-state index is 9.03. The summed E-state index contributed by atoms with van der Waals surface area (Å²) in [6.07, 6.45) is 0.929. The number of nitrogens with zero attached hydrogens (tertiary/aromatic N) is 1. The van der Waals surface area contributed by atoms with Crippen molar-refractivity contribution in [2.75, 3.05) is 18.5 Å². The molecule has 0 fully saturated rings. The predicted molar refractivity (Wildman–Crippen MR) is 60.5 cm³/mol. The van der Waals surface area contributed by atoms with Crippen LogP contribution in [0.2, 0.25) is 0 Å². The maximum atomic E-state index is 9.03. The number of nitrogens with one attached hydrogen (secondary N) is 1. The fourth-order valence-electron chi connectivity index (χ4n) is 1.33. The van der Waals surface area contributed by atoms with Crippen LogP contribution in [0, 0.1) is 17.2 Å². The van der Waals surface area contributed by atoms with Crippen molar-refractivity contribution in [1.29, 1.82) is 5.26 Å². The minimum atomic E-state index is 0.179. The van der Waals surface area contributed by atoms with E-state index in [0.29, 0.717) is 12.1 Å². The third-order valence-electron chi connectivity index (χ3n) is 2.46. The monoisotopic (exact) mass is 204 g/mol. The summed E-state index contributed by atoms with van der Waals surface area (Å²) in [5, 5.41) is 21.1. The molecule has 80 valence electrons. The second-order valence-corrected chi connectivity index (χ2v) is 3.50. The Morgan fingerprint density at radius 2 is 2.20 bits per heavy atom. The van der Waals surface area contributed by atoms with Gasteiger partial charge in [-0.3, -0.25) is 0 Å². The van der Waals surface area contributed by atoms with Crippen molar-refractivity contribution in [3.63, 3.8) is 0 Å². The molecule has 0 aromatic heterocycles. The fourth-order valence-corrected chi connectivity index (χ4v) is 1.33. The van der Waals surface area contributed by atoms with E-state index in [1.165, 1.54) is 0 Å². The van der Waals surface area contributed by atoms with Crippen LogP contribution in [0.1, 0.15) is 18.9 Å². The standard InChI is InChI=1S/C12H16N2O/c1-2-10(9-15)8-14-12-6-4-3-5-11(12)7-13/h3-6,10,14-15H,2,8-9H2,1H3. The molecule has 0 spiro atoms. The summed E-state index contributed by atoms with van der Waals surface area (Å²) in [7, 11) is 0. The molecule has 0 saturated carbocycles. The van der Waals surface area contributed by atoms with Crippen LogP contribution in [0.15, 0.2) is 24.3 Å². The van der Waals surface area contributed by atoms with Gasteiger partial charge >= 0.3 is 0 Å². The minimum absolute atomic E-state index is 0.179. The molecule has 1 unspecified atom stereocenters. The largest absolute Gasteiger partial charge is 0.396 e. The van der Waals surface area contributed by atoms with Crippen molar-refractivity contribution in [1.82, 2.24) is 0 Å². The summed E-state index contributed by atoms with van der Waals surface area (Å²) in [5.74, 6) is 0.247. The van der Waals surface area contributed by atoms with Gasteiger partial charge in [0, 0.05) is 13.2 Å². The normalized spacial score (nSPS) is 11.8. The van der Waals surface area contributed by atoms with Gasteiger partial charge in [-0.1, -0.05) is 19.1 Å². The van der Waals surface area contributed by atoms with E-state index in [1.54, 1.807) is 6.07 Å². The highest BCUT2D eigenvalue weighted by Crippen LogP contribution is 2.14. The first kappa shape index (κ1) is 11.5. The van der Waals surface area contributed by atoms with Crippen molar-refractivity contribution >= 4 is 5.69 Å². The highest BCUT2D eigenvalue weighted by molar-refractivity contribution is 5.57. The van der Waals surface area contributed by atoms with Gasteiger partial charge in [0.15, 0.2) is 0 Å². The van der Waals surface area contributed by atoms with Gasteiger partial charge in [0.2, 0.25) is 0 Å². The van der Waals surface area contributed by atoms with Crippen LogP contribution in [0.3, 0.4) is 0 Å². The Kier molecular flexibility index (Phi) is 4.65. The van der Waals surface area contributed by atoms with E-state index in [9.17, 15) is 0 Å². The molecule has 0 aliphatic heterocycles. The van der Waals surface area contributed by atoms with Gasteiger partial charge in [0.25, 0.3) is 0 Å². The second kappa shape index (κ2) is 6.05. The van der Waals surface area contributed by atoms with Gasteiger partial charge in [-0.2, -0.15) is 5.26 Å². The topological polar surface area (TPSA) is 56.0 Å². The first-order chi connectivity index (χ1) is 7.31. The lowest BCUT2D eigenvalue weighted by atomic mass is 10.1. The van der Waals surface area contributed by atoms with Crippen LogP contribution >= 0.6 is 0 Å². The number of aliphatic hydroxyl groups is 1. The van der Waals surface area contributed by atoms with Crippen molar-refractivity contribution in [2.45, 2.75) is 13.3 Å². The Morgan fingerprint density at radius 3 is 2.80 bits per heavy atom. The van der Waals surface area contributed by atoms with Crippen LogP contribution in [-0.2, 0) is 0 Å². The Balaban J connectivity index is 2.61. The Labute approximate surface area is 90.4 Å². The van der Waals surface area contributed by atoms with E-state index >= 15 is 0 Å². The zero-order chi connectivity index (χ0) is 11.1. The number of benzene rings is 1. The molecule has 1 aromatic rings. The van der Waals surface area contributed by atoms with Gasteiger partial charge < -0.3 is 10.4 Å². The summed E-state index contributed by atoms with van der Waals surface area (Å²) in [6.45, 7) is 2.92. The molecule has 3 nitrogen and oxygen atoms in total. The molecule has 0 bridgehead atoms. The lowest BCUT2D eigenvalue weighted by Crippen LogP contribution is -2.17. The number of rotatable bonds is 5. The third-order valence-corrected chi connectivity index (χ3v) is 2.46. The molecule has 15 heavy (non-hydrogen) atoms. The van der Waals surface area contributed by atoms with E-state index in [1.807, 2.05) is 25.1 Å². The van der Waals surface area contributed by atoms with Crippen molar-refractivity contribution in [3.05, 3.63) is 29.8 Å². The van der Waals surface area contributed by atoms with Gasteiger partial charge in [-0.15, -0.1) is 0 Å². The summed E-state index contributed by atoms with van der Waals surface area (Å²) in [4.78, 5) is 0. The summed E-state index contributed by atoms with van der Waals surface area (Å²) in [6, 6.07) is 9.52. The summed E-state index contributed by atoms with van der Waals surface area (Å²) < 4.78 is 0. The Hall–Kier alpha value is -1.53. The molecular weight excluding hydrogens is 188 g/mol. The van der Waals surface area contributed by atoms with E-state index in [-0.39, 0.29) is 12.5 Å². The molecule has 1 atom stereocenters. The quantitative estimate of drug-likeness (QED) is 0.771. The molecule has 0 radical (unpaired) electrons. The SMILES string of the molecule is CCC(CO)CNc1ccccc1C#N. The predicted octanol–water partition coefficient (Wildman–Crippen LogP) is 1.99. The van der Waals surface area contributed by atoms with Crippen LogP contribution in [-0.4, -0.2) is 18.3 Å². The fraction of sp³-hybridized carbons (Fsp3) is 0.417. The summed E-state index contributed by atoms with van der Waals surface area (Å²) >= 11 is 0. The zero-order valence-electron chi connectivity index (χ0n) is 8.90. The number of aliphatic hydroxyl groups excluding tert-OH is 1. The van der Waals surface area contributed by atoms with Crippen LogP contribution < -0.4 is 5.32 Å². The van der Waals surface area contributed by atoms with E-state index in [0.717, 1.165) is 12.1 Å². The molecule has 3 heteroatoms. The number of hydrogen-bond acceptors (Lipinski definition) is 3. The molecule has 2 N–H and O–H groups in total. The minimum Gasteiger partial charge on any atom is -0.396 e. The van der Waals surface area contributed by atoms with Gasteiger partial charge in [-0.25, -0.2) is 0 Å². The molecule has 1 aromatic carbocycles. The number of para-hydroxylation sites is 1. The van der Waals surface area contributed by atoms with Gasteiger partial charge in [-0.05, 0) is 24.5 Å². The number of nitriles is 1.